The first-order valence-electron chi connectivity index (χ1n) is 5.97. The summed E-state index contributed by atoms with van der Waals surface area (Å²) in [6, 6.07) is 2.66. The Morgan fingerprint density at radius 2 is 1.90 bits per heavy atom. The van der Waals surface area contributed by atoms with Crippen molar-refractivity contribution in [2.75, 3.05) is 5.32 Å². The summed E-state index contributed by atoms with van der Waals surface area (Å²) in [5, 5.41) is 11.5. The number of carboxylic acid groups (broad SMARTS) is 1. The Labute approximate surface area is 116 Å². The van der Waals surface area contributed by atoms with Crippen LogP contribution in [-0.2, 0) is 4.74 Å². The van der Waals surface area contributed by atoms with Crippen molar-refractivity contribution in [1.29, 1.82) is 0 Å². The fraction of sp³-hybridized carbons (Fsp3) is 0.357. The van der Waals surface area contributed by atoms with Crippen LogP contribution in [0.25, 0.3) is 0 Å². The minimum atomic E-state index is -1.17. The molecule has 0 heterocycles. The van der Waals surface area contributed by atoms with Crippen molar-refractivity contribution in [1.82, 2.24) is 0 Å². The van der Waals surface area contributed by atoms with E-state index in [1.807, 2.05) is 0 Å². The smallest absolute Gasteiger partial charge is 0.412 e. The zero-order valence-corrected chi connectivity index (χ0v) is 11.8. The summed E-state index contributed by atoms with van der Waals surface area (Å²) in [6.07, 6.45) is -0.188. The van der Waals surface area contributed by atoms with Crippen molar-refractivity contribution in [3.8, 4) is 0 Å². The van der Waals surface area contributed by atoms with E-state index in [2.05, 4.69) is 5.32 Å². The summed E-state index contributed by atoms with van der Waals surface area (Å²) in [6.45, 7) is 6.68. The lowest BCUT2D eigenvalue weighted by molar-refractivity contribution is 0.0632. The van der Waals surface area contributed by atoms with Crippen LogP contribution in [-0.4, -0.2) is 29.1 Å². The molecule has 0 aliphatic rings. The molecular formula is C14H17NO5. The Morgan fingerprint density at radius 1 is 1.30 bits per heavy atom. The van der Waals surface area contributed by atoms with Gasteiger partial charge in [0.15, 0.2) is 0 Å². The van der Waals surface area contributed by atoms with Gasteiger partial charge in [0.05, 0.1) is 5.56 Å². The average molecular weight is 279 g/mol. The molecule has 1 rings (SSSR count). The Morgan fingerprint density at radius 3 is 2.35 bits per heavy atom. The molecule has 0 radical (unpaired) electrons. The van der Waals surface area contributed by atoms with Gasteiger partial charge in [0, 0.05) is 11.3 Å². The molecule has 20 heavy (non-hydrogen) atoms. The van der Waals surface area contributed by atoms with Crippen LogP contribution in [0.3, 0.4) is 0 Å². The molecule has 6 heteroatoms. The molecule has 0 saturated heterocycles. The highest BCUT2D eigenvalue weighted by molar-refractivity contribution is 5.96. The molecule has 0 spiro atoms. The molecule has 0 bridgehead atoms. The van der Waals surface area contributed by atoms with Crippen LogP contribution in [0.1, 0.15) is 47.1 Å². The molecule has 0 fully saturated rings. The second-order valence-corrected chi connectivity index (χ2v) is 5.29. The Hall–Kier alpha value is -2.37. The number of anilines is 1. The second kappa shape index (κ2) is 5.73. The molecule has 1 aromatic rings. The van der Waals surface area contributed by atoms with Crippen molar-refractivity contribution in [2.45, 2.75) is 33.3 Å². The largest absolute Gasteiger partial charge is 0.478 e. The Bertz CT molecular complexity index is 557. The first kappa shape index (κ1) is 15.7. The normalized spacial score (nSPS) is 10.8. The number of ether oxygens (including phenoxy) is 1. The molecule has 0 aliphatic heterocycles. The van der Waals surface area contributed by atoms with Crippen LogP contribution in [0.2, 0.25) is 0 Å². The van der Waals surface area contributed by atoms with Gasteiger partial charge in [-0.2, -0.15) is 0 Å². The molecule has 2 N–H and O–H groups in total. The predicted octanol–water partition coefficient (Wildman–Crippen LogP) is 2.85. The Balaban J connectivity index is 3.12. The number of nitrogens with one attached hydrogen (secondary N) is 1. The number of hydrogen-bond acceptors (Lipinski definition) is 4. The lowest BCUT2D eigenvalue weighted by Gasteiger charge is -2.20. The van der Waals surface area contributed by atoms with Crippen LogP contribution in [0.4, 0.5) is 10.5 Å². The lowest BCUT2D eigenvalue weighted by atomic mass is 10.0. The molecule has 0 saturated carbocycles. The number of benzene rings is 1. The molecule has 0 aromatic heterocycles. The number of amides is 1. The van der Waals surface area contributed by atoms with Crippen molar-refractivity contribution in [3.05, 3.63) is 28.8 Å². The van der Waals surface area contributed by atoms with E-state index >= 15 is 0 Å². The average Bonchev–Trinajstić information content (AvgIpc) is 2.28. The number of hydrogen-bond donors (Lipinski definition) is 2. The number of carbonyl (C=O) groups is 3. The van der Waals surface area contributed by atoms with Gasteiger partial charge in [0.2, 0.25) is 0 Å². The summed E-state index contributed by atoms with van der Waals surface area (Å²) >= 11 is 0. The maximum Gasteiger partial charge on any atom is 0.412 e. The van der Waals surface area contributed by atoms with E-state index in [0.29, 0.717) is 11.8 Å². The molecule has 1 amide bonds. The van der Waals surface area contributed by atoms with Gasteiger partial charge in [-0.1, -0.05) is 0 Å². The molecule has 0 aliphatic carbocycles. The van der Waals surface area contributed by atoms with E-state index in [1.165, 1.54) is 12.1 Å². The van der Waals surface area contributed by atoms with E-state index in [1.54, 1.807) is 27.7 Å². The molecule has 6 nitrogen and oxygen atoms in total. The quantitative estimate of drug-likeness (QED) is 0.830. The van der Waals surface area contributed by atoms with Gasteiger partial charge in [-0.15, -0.1) is 0 Å². The van der Waals surface area contributed by atoms with E-state index < -0.39 is 17.7 Å². The third-order valence-electron chi connectivity index (χ3n) is 2.43. The minimum absolute atomic E-state index is 0.0411. The molecule has 108 valence electrons. The van der Waals surface area contributed by atoms with Crippen LogP contribution in [0, 0.1) is 6.92 Å². The second-order valence-electron chi connectivity index (χ2n) is 5.29. The van der Waals surface area contributed by atoms with Gasteiger partial charge < -0.3 is 9.84 Å². The Kier molecular flexibility index (Phi) is 4.49. The number of carbonyl (C=O) groups excluding carboxylic acids is 2. The van der Waals surface area contributed by atoms with E-state index in [-0.39, 0.29) is 16.8 Å². The zero-order chi connectivity index (χ0) is 15.5. The van der Waals surface area contributed by atoms with Crippen LogP contribution < -0.4 is 5.32 Å². The van der Waals surface area contributed by atoms with E-state index in [4.69, 9.17) is 9.84 Å². The highest BCUT2D eigenvalue weighted by Gasteiger charge is 2.19. The molecular weight excluding hydrogens is 262 g/mol. The third-order valence-corrected chi connectivity index (χ3v) is 2.43. The summed E-state index contributed by atoms with van der Waals surface area (Å²) < 4.78 is 5.08. The summed E-state index contributed by atoms with van der Waals surface area (Å²) in [7, 11) is 0. The fourth-order valence-corrected chi connectivity index (χ4v) is 1.57. The third kappa shape index (κ3) is 4.08. The van der Waals surface area contributed by atoms with Gasteiger partial charge in [0.25, 0.3) is 0 Å². The lowest BCUT2D eigenvalue weighted by Crippen LogP contribution is -2.27. The van der Waals surface area contributed by atoms with Gasteiger partial charge in [0.1, 0.15) is 11.9 Å². The molecule has 0 atom stereocenters. The van der Waals surface area contributed by atoms with Crippen molar-refractivity contribution in [3.63, 3.8) is 0 Å². The van der Waals surface area contributed by atoms with Gasteiger partial charge in [-0.25, -0.2) is 9.59 Å². The number of carboxylic acids is 1. The highest BCUT2D eigenvalue weighted by Crippen LogP contribution is 2.22. The SMILES string of the molecule is Cc1c(NC(=O)OC(C)(C)C)cc(C=O)cc1C(=O)O. The minimum Gasteiger partial charge on any atom is -0.478 e. The zero-order valence-electron chi connectivity index (χ0n) is 11.8. The van der Waals surface area contributed by atoms with E-state index in [0.717, 1.165) is 0 Å². The number of aldehydes is 1. The standard InChI is InChI=1S/C14H17NO5/c1-8-10(12(17)18)5-9(7-16)6-11(8)15-13(19)20-14(2,3)4/h5-7H,1-4H3,(H,15,19)(H,17,18). The van der Waals surface area contributed by atoms with Crippen LogP contribution in [0.15, 0.2) is 12.1 Å². The van der Waals surface area contributed by atoms with Crippen molar-refractivity contribution in [2.24, 2.45) is 0 Å². The monoisotopic (exact) mass is 279 g/mol. The van der Waals surface area contributed by atoms with E-state index in [9.17, 15) is 14.4 Å². The first-order chi connectivity index (χ1) is 9.14. The van der Waals surface area contributed by atoms with Crippen LogP contribution in [0.5, 0.6) is 0 Å². The van der Waals surface area contributed by atoms with Crippen LogP contribution >= 0.6 is 0 Å². The summed E-state index contributed by atoms with van der Waals surface area (Å²) in [4.78, 5) is 33.6. The molecule has 0 unspecified atom stereocenters. The highest BCUT2D eigenvalue weighted by atomic mass is 16.6. The van der Waals surface area contributed by atoms with Gasteiger partial charge in [-0.3, -0.25) is 10.1 Å². The van der Waals surface area contributed by atoms with Crippen molar-refractivity contribution < 1.29 is 24.2 Å². The first-order valence-corrected chi connectivity index (χ1v) is 5.97. The van der Waals surface area contributed by atoms with Crippen molar-refractivity contribution >= 4 is 24.0 Å². The number of rotatable bonds is 3. The summed E-state index contributed by atoms with van der Waals surface area (Å²) in [5.74, 6) is -1.17. The van der Waals surface area contributed by atoms with Gasteiger partial charge >= 0.3 is 12.1 Å². The predicted molar refractivity (Wildman–Crippen MR) is 73.4 cm³/mol. The maximum atomic E-state index is 11.7. The maximum absolute atomic E-state index is 11.7. The topological polar surface area (TPSA) is 92.7 Å². The number of aromatic carboxylic acids is 1. The summed E-state index contributed by atoms with van der Waals surface area (Å²) in [5.41, 5.74) is 0.0468. The van der Waals surface area contributed by atoms with Gasteiger partial charge in [-0.05, 0) is 45.4 Å². The molecule has 1 aromatic carbocycles. The fourth-order valence-electron chi connectivity index (χ4n) is 1.57.